The number of nitrogens with two attached hydrogens (primary N) is 1. The lowest BCUT2D eigenvalue weighted by molar-refractivity contribution is -0.141. The first-order chi connectivity index (χ1) is 13.0. The Kier molecular flexibility index (Phi) is 5.40. The SMILES string of the molecule is NC(=O)COc1ccccc1C(=O)N1C[C@H](C(=O)O)[C@H](c2ccccc2)C1. The number of para-hydroxylation sites is 1. The first-order valence-corrected chi connectivity index (χ1v) is 8.54. The topological polar surface area (TPSA) is 110 Å². The second kappa shape index (κ2) is 7.90. The maximum atomic E-state index is 13.0. The summed E-state index contributed by atoms with van der Waals surface area (Å²) in [6, 6.07) is 15.9. The van der Waals surface area contributed by atoms with Crippen LogP contribution in [0.2, 0.25) is 0 Å². The van der Waals surface area contributed by atoms with Gasteiger partial charge in [-0.3, -0.25) is 14.4 Å². The Morgan fingerprint density at radius 2 is 1.70 bits per heavy atom. The van der Waals surface area contributed by atoms with Crippen LogP contribution in [0.25, 0.3) is 0 Å². The molecule has 3 rings (SSSR count). The van der Waals surface area contributed by atoms with Gasteiger partial charge in [-0.05, 0) is 17.7 Å². The van der Waals surface area contributed by atoms with Crippen LogP contribution in [0.1, 0.15) is 21.8 Å². The molecule has 0 aromatic heterocycles. The lowest BCUT2D eigenvalue weighted by Crippen LogP contribution is -2.30. The van der Waals surface area contributed by atoms with Crippen molar-refractivity contribution in [1.82, 2.24) is 4.90 Å². The van der Waals surface area contributed by atoms with Crippen molar-refractivity contribution in [2.24, 2.45) is 11.7 Å². The lowest BCUT2D eigenvalue weighted by atomic mass is 9.89. The largest absolute Gasteiger partial charge is 0.483 e. The molecule has 140 valence electrons. The zero-order valence-electron chi connectivity index (χ0n) is 14.6. The van der Waals surface area contributed by atoms with Crippen LogP contribution >= 0.6 is 0 Å². The van der Waals surface area contributed by atoms with Gasteiger partial charge in [-0.2, -0.15) is 0 Å². The van der Waals surface area contributed by atoms with Crippen LogP contribution in [0.15, 0.2) is 54.6 Å². The highest BCUT2D eigenvalue weighted by Gasteiger charge is 2.41. The molecule has 27 heavy (non-hydrogen) atoms. The number of hydrogen-bond donors (Lipinski definition) is 2. The minimum absolute atomic E-state index is 0.109. The van der Waals surface area contributed by atoms with E-state index in [4.69, 9.17) is 10.5 Å². The van der Waals surface area contributed by atoms with Gasteiger partial charge in [0, 0.05) is 19.0 Å². The van der Waals surface area contributed by atoms with E-state index in [0.717, 1.165) is 5.56 Å². The summed E-state index contributed by atoms with van der Waals surface area (Å²) in [6.07, 6.45) is 0. The highest BCUT2D eigenvalue weighted by Crippen LogP contribution is 2.34. The van der Waals surface area contributed by atoms with E-state index in [0.29, 0.717) is 6.54 Å². The zero-order valence-corrected chi connectivity index (χ0v) is 14.6. The van der Waals surface area contributed by atoms with Crippen molar-refractivity contribution < 1.29 is 24.2 Å². The van der Waals surface area contributed by atoms with Crippen LogP contribution in [0, 0.1) is 5.92 Å². The number of aliphatic carboxylic acids is 1. The first kappa shape index (κ1) is 18.4. The monoisotopic (exact) mass is 368 g/mol. The Hall–Kier alpha value is -3.35. The van der Waals surface area contributed by atoms with Crippen LogP contribution in [-0.4, -0.2) is 47.5 Å². The van der Waals surface area contributed by atoms with Crippen molar-refractivity contribution in [2.45, 2.75) is 5.92 Å². The fourth-order valence-electron chi connectivity index (χ4n) is 3.35. The molecule has 0 aliphatic carbocycles. The Labute approximate surface area is 156 Å². The van der Waals surface area contributed by atoms with E-state index < -0.39 is 17.8 Å². The average Bonchev–Trinajstić information content (AvgIpc) is 3.12. The summed E-state index contributed by atoms with van der Waals surface area (Å²) in [5, 5.41) is 9.60. The van der Waals surface area contributed by atoms with Gasteiger partial charge < -0.3 is 20.5 Å². The van der Waals surface area contributed by atoms with Crippen molar-refractivity contribution in [3.05, 3.63) is 65.7 Å². The second-order valence-corrected chi connectivity index (χ2v) is 6.42. The molecule has 1 aliphatic rings. The molecule has 0 radical (unpaired) electrons. The molecule has 1 saturated heterocycles. The number of rotatable bonds is 6. The Balaban J connectivity index is 1.84. The quantitative estimate of drug-likeness (QED) is 0.803. The van der Waals surface area contributed by atoms with E-state index in [1.54, 1.807) is 24.3 Å². The highest BCUT2D eigenvalue weighted by molar-refractivity contribution is 5.97. The molecular weight excluding hydrogens is 348 g/mol. The molecule has 1 heterocycles. The summed E-state index contributed by atoms with van der Waals surface area (Å²) in [4.78, 5) is 37.2. The van der Waals surface area contributed by atoms with Crippen molar-refractivity contribution in [3.63, 3.8) is 0 Å². The molecule has 0 spiro atoms. The van der Waals surface area contributed by atoms with Crippen molar-refractivity contribution in [3.8, 4) is 5.75 Å². The predicted molar refractivity (Wildman–Crippen MR) is 97.3 cm³/mol. The van der Waals surface area contributed by atoms with Gasteiger partial charge in [0.05, 0.1) is 11.5 Å². The Morgan fingerprint density at radius 1 is 1.04 bits per heavy atom. The van der Waals surface area contributed by atoms with Crippen LogP contribution in [0.3, 0.4) is 0 Å². The number of benzene rings is 2. The van der Waals surface area contributed by atoms with Gasteiger partial charge in [-0.1, -0.05) is 42.5 Å². The van der Waals surface area contributed by atoms with E-state index >= 15 is 0 Å². The number of carboxylic acids is 1. The van der Waals surface area contributed by atoms with Crippen LogP contribution in [0.5, 0.6) is 5.75 Å². The summed E-state index contributed by atoms with van der Waals surface area (Å²) in [6.45, 7) is 0.0660. The third-order valence-electron chi connectivity index (χ3n) is 4.64. The molecule has 1 aliphatic heterocycles. The van der Waals surface area contributed by atoms with E-state index in [1.807, 2.05) is 30.3 Å². The molecule has 2 atom stereocenters. The molecule has 2 aromatic rings. The number of carbonyl (C=O) groups excluding carboxylic acids is 2. The third-order valence-corrected chi connectivity index (χ3v) is 4.64. The normalized spacial score (nSPS) is 18.9. The summed E-state index contributed by atoms with van der Waals surface area (Å²) >= 11 is 0. The first-order valence-electron chi connectivity index (χ1n) is 8.54. The van der Waals surface area contributed by atoms with Gasteiger partial charge in [0.1, 0.15) is 5.75 Å². The summed E-state index contributed by atoms with van der Waals surface area (Å²) in [5.41, 5.74) is 6.26. The summed E-state index contributed by atoms with van der Waals surface area (Å²) < 4.78 is 5.33. The zero-order chi connectivity index (χ0) is 19.4. The molecule has 2 aromatic carbocycles. The predicted octanol–water partition coefficient (Wildman–Crippen LogP) is 1.49. The summed E-state index contributed by atoms with van der Waals surface area (Å²) in [5.74, 6) is -2.64. The van der Waals surface area contributed by atoms with Crippen molar-refractivity contribution in [1.29, 1.82) is 0 Å². The molecule has 7 nitrogen and oxygen atoms in total. The Bertz CT molecular complexity index is 852. The van der Waals surface area contributed by atoms with Crippen LogP contribution in [0.4, 0.5) is 0 Å². The molecule has 0 saturated carbocycles. The van der Waals surface area contributed by atoms with Gasteiger partial charge in [0.25, 0.3) is 11.8 Å². The molecule has 0 bridgehead atoms. The number of carboxylic acid groups (broad SMARTS) is 1. The number of hydrogen-bond acceptors (Lipinski definition) is 4. The van der Waals surface area contributed by atoms with Gasteiger partial charge in [0.2, 0.25) is 0 Å². The second-order valence-electron chi connectivity index (χ2n) is 6.42. The molecule has 3 N–H and O–H groups in total. The standard InChI is InChI=1S/C20H20N2O5/c21-18(23)12-27-17-9-5-4-8-14(17)19(24)22-10-15(16(11-22)20(25)26)13-6-2-1-3-7-13/h1-9,15-16H,10-12H2,(H2,21,23)(H,25,26)/t15-,16-/m0/s1. The third kappa shape index (κ3) is 4.08. The number of nitrogens with zero attached hydrogens (tertiary/aromatic N) is 1. The number of primary amides is 1. The molecular formula is C20H20N2O5. The minimum atomic E-state index is -0.933. The average molecular weight is 368 g/mol. The van der Waals surface area contributed by atoms with Crippen LogP contribution < -0.4 is 10.5 Å². The van der Waals surface area contributed by atoms with E-state index in [-0.39, 0.29) is 36.3 Å². The van der Waals surface area contributed by atoms with E-state index in [1.165, 1.54) is 4.90 Å². The van der Waals surface area contributed by atoms with E-state index in [2.05, 4.69) is 0 Å². The van der Waals surface area contributed by atoms with Crippen molar-refractivity contribution in [2.75, 3.05) is 19.7 Å². The van der Waals surface area contributed by atoms with Crippen LogP contribution in [-0.2, 0) is 9.59 Å². The molecule has 1 fully saturated rings. The number of ether oxygens (including phenoxy) is 1. The lowest BCUT2D eigenvalue weighted by Gasteiger charge is -2.18. The minimum Gasteiger partial charge on any atom is -0.483 e. The maximum Gasteiger partial charge on any atom is 0.308 e. The van der Waals surface area contributed by atoms with Gasteiger partial charge in [-0.15, -0.1) is 0 Å². The maximum absolute atomic E-state index is 13.0. The molecule has 2 amide bonds. The van der Waals surface area contributed by atoms with Gasteiger partial charge in [-0.25, -0.2) is 0 Å². The number of amides is 2. The smallest absolute Gasteiger partial charge is 0.308 e. The van der Waals surface area contributed by atoms with Gasteiger partial charge in [0.15, 0.2) is 6.61 Å². The highest BCUT2D eigenvalue weighted by atomic mass is 16.5. The fraction of sp³-hybridized carbons (Fsp3) is 0.250. The Morgan fingerprint density at radius 3 is 2.37 bits per heavy atom. The van der Waals surface area contributed by atoms with E-state index in [9.17, 15) is 19.5 Å². The number of likely N-dealkylation sites (tertiary alicyclic amines) is 1. The molecule has 7 heteroatoms. The molecule has 0 unspecified atom stereocenters. The van der Waals surface area contributed by atoms with Gasteiger partial charge >= 0.3 is 5.97 Å². The van der Waals surface area contributed by atoms with Crippen molar-refractivity contribution >= 4 is 17.8 Å². The summed E-state index contributed by atoms with van der Waals surface area (Å²) in [7, 11) is 0. The fourth-order valence-corrected chi connectivity index (χ4v) is 3.35. The number of carbonyl (C=O) groups is 3.